The summed E-state index contributed by atoms with van der Waals surface area (Å²) in [5.74, 6) is -1.26. The molecule has 2 aromatic carbocycles. The number of thiocarbonyl (C=S) groups is 1. The van der Waals surface area contributed by atoms with Crippen LogP contribution in [0.5, 0.6) is 0 Å². The van der Waals surface area contributed by atoms with Crippen molar-refractivity contribution >= 4 is 69.6 Å². The van der Waals surface area contributed by atoms with Crippen LogP contribution in [-0.2, 0) is 16.0 Å². The number of amides is 4. The average molecular weight is 777 g/mol. The van der Waals surface area contributed by atoms with E-state index in [1.165, 1.54) is 16.7 Å². The molecule has 1 N–H and O–H groups in total. The first-order valence-electron chi connectivity index (χ1n) is 18.9. The van der Waals surface area contributed by atoms with Crippen LogP contribution in [0.3, 0.4) is 0 Å². The molecule has 1 aliphatic carbocycles. The Kier molecular flexibility index (Phi) is 9.92. The van der Waals surface area contributed by atoms with E-state index < -0.39 is 23.4 Å². The zero-order valence-electron chi connectivity index (χ0n) is 30.4. The molecule has 0 radical (unpaired) electrons. The van der Waals surface area contributed by atoms with Crippen molar-refractivity contribution in [2.75, 3.05) is 47.4 Å². The minimum Gasteiger partial charge on any atom is -0.369 e. The Morgan fingerprint density at radius 1 is 0.927 bits per heavy atom. The molecule has 3 saturated heterocycles. The van der Waals surface area contributed by atoms with Crippen molar-refractivity contribution in [2.45, 2.75) is 69.4 Å². The number of nitriles is 1. The lowest BCUT2D eigenvalue weighted by Gasteiger charge is -2.43. The summed E-state index contributed by atoms with van der Waals surface area (Å²) in [5.41, 5.74) is 4.23. The Labute approximate surface area is 330 Å². The number of aryl methyl sites for hydroxylation is 1. The van der Waals surface area contributed by atoms with Gasteiger partial charge in [-0.05, 0) is 112 Å². The van der Waals surface area contributed by atoms with Crippen molar-refractivity contribution in [3.05, 3.63) is 94.4 Å². The van der Waals surface area contributed by atoms with E-state index in [0.29, 0.717) is 53.3 Å². The molecule has 5 heterocycles. The molecule has 8 rings (SSSR count). The number of halogens is 1. The molecule has 0 bridgehead atoms. The average Bonchev–Trinajstić information content (AvgIpc) is 3.56. The van der Waals surface area contributed by atoms with Crippen LogP contribution >= 0.6 is 23.8 Å². The second-order valence-electron chi connectivity index (χ2n) is 14.9. The van der Waals surface area contributed by atoms with E-state index in [0.717, 1.165) is 81.1 Å². The van der Waals surface area contributed by atoms with Gasteiger partial charge < -0.3 is 15.1 Å². The number of piperazine rings is 1. The van der Waals surface area contributed by atoms with Gasteiger partial charge in [-0.1, -0.05) is 36.7 Å². The first-order valence-corrected chi connectivity index (χ1v) is 19.7. The van der Waals surface area contributed by atoms with Gasteiger partial charge in [0, 0.05) is 43.3 Å². The summed E-state index contributed by atoms with van der Waals surface area (Å²) in [6.07, 6.45) is 9.01. The molecule has 1 atom stereocenters. The number of carbonyl (C=O) groups is 4. The number of pyridine rings is 1. The van der Waals surface area contributed by atoms with Crippen molar-refractivity contribution in [3.8, 4) is 6.07 Å². The molecule has 12 nitrogen and oxygen atoms in total. The number of fused-ring (bicyclic) bond motifs is 1. The van der Waals surface area contributed by atoms with Crippen molar-refractivity contribution in [1.82, 2.24) is 20.1 Å². The maximum Gasteiger partial charge on any atom is 0.262 e. The molecule has 5 aliphatic rings. The Bertz CT molecular complexity index is 2160. The first-order chi connectivity index (χ1) is 26.6. The number of imide groups is 1. The number of nitrogens with zero attached hydrogens (tertiary/aromatic N) is 7. The molecular weight excluding hydrogens is 736 g/mol. The number of benzene rings is 2. The summed E-state index contributed by atoms with van der Waals surface area (Å²) in [5, 5.41) is 12.5. The van der Waals surface area contributed by atoms with Gasteiger partial charge in [0.25, 0.3) is 17.7 Å². The SMILES string of the molecule is C=C1CCC(N2C(=O)c3ccc(N4CCN(CCCCCc5ccc(N6C(=S)N(c7cnc(C#N)c(Cl)c7)C(=O)C67CCC7)cc5)CC4)cc3C2=O)C(=O)N1. The van der Waals surface area contributed by atoms with Crippen molar-refractivity contribution in [1.29, 1.82) is 5.26 Å². The van der Waals surface area contributed by atoms with Gasteiger partial charge >= 0.3 is 0 Å². The maximum atomic E-state index is 13.8. The molecule has 55 heavy (non-hydrogen) atoms. The van der Waals surface area contributed by atoms with E-state index in [2.05, 4.69) is 50.9 Å². The third-order valence-corrected chi connectivity index (χ3v) is 12.3. The van der Waals surface area contributed by atoms with E-state index in [1.807, 2.05) is 23.1 Å². The number of hydrogen-bond acceptors (Lipinski definition) is 9. The van der Waals surface area contributed by atoms with E-state index >= 15 is 0 Å². The molecule has 14 heteroatoms. The van der Waals surface area contributed by atoms with Gasteiger partial charge in [-0.15, -0.1) is 0 Å². The highest BCUT2D eigenvalue weighted by atomic mass is 35.5. The summed E-state index contributed by atoms with van der Waals surface area (Å²) in [6, 6.07) is 16.5. The number of hydrogen-bond donors (Lipinski definition) is 1. The molecular formula is C41H41ClN8O4S. The minimum atomic E-state index is -0.814. The highest BCUT2D eigenvalue weighted by Crippen LogP contribution is 2.48. The van der Waals surface area contributed by atoms with Gasteiger partial charge in [-0.25, -0.2) is 4.98 Å². The summed E-state index contributed by atoms with van der Waals surface area (Å²) < 4.78 is 0. The molecule has 3 aromatic rings. The predicted molar refractivity (Wildman–Crippen MR) is 213 cm³/mol. The van der Waals surface area contributed by atoms with Crippen LogP contribution in [0.15, 0.2) is 67.0 Å². The van der Waals surface area contributed by atoms with E-state index in [1.54, 1.807) is 12.1 Å². The second-order valence-corrected chi connectivity index (χ2v) is 15.7. The summed E-state index contributed by atoms with van der Waals surface area (Å²) in [6.45, 7) is 8.30. The third kappa shape index (κ3) is 6.56. The Hall–Kier alpha value is -5.16. The highest BCUT2D eigenvalue weighted by molar-refractivity contribution is 7.81. The van der Waals surface area contributed by atoms with Gasteiger partial charge in [0.05, 0.1) is 28.0 Å². The quantitative estimate of drug-likeness (QED) is 0.158. The fraction of sp³-hybridized carbons (Fsp3) is 0.390. The molecule has 1 saturated carbocycles. The topological polar surface area (TPSA) is 133 Å². The lowest BCUT2D eigenvalue weighted by atomic mass is 9.75. The molecule has 282 valence electrons. The molecule has 4 fully saturated rings. The van der Waals surface area contributed by atoms with Gasteiger partial charge in [0.2, 0.25) is 5.91 Å². The van der Waals surface area contributed by atoms with Gasteiger partial charge in [-0.2, -0.15) is 5.26 Å². The van der Waals surface area contributed by atoms with E-state index in [4.69, 9.17) is 23.8 Å². The van der Waals surface area contributed by atoms with Crippen molar-refractivity contribution in [3.63, 3.8) is 0 Å². The lowest BCUT2D eigenvalue weighted by Crippen LogP contribution is -2.55. The molecule has 1 unspecified atom stereocenters. The molecule has 1 aromatic heterocycles. The largest absolute Gasteiger partial charge is 0.369 e. The maximum absolute atomic E-state index is 13.8. The zero-order valence-corrected chi connectivity index (χ0v) is 32.0. The Morgan fingerprint density at radius 2 is 1.65 bits per heavy atom. The predicted octanol–water partition coefficient (Wildman–Crippen LogP) is 5.59. The van der Waals surface area contributed by atoms with E-state index in [9.17, 15) is 24.4 Å². The number of carbonyl (C=O) groups excluding carboxylic acids is 4. The second kappa shape index (κ2) is 14.8. The Morgan fingerprint density at radius 3 is 2.33 bits per heavy atom. The van der Waals surface area contributed by atoms with Crippen LogP contribution in [0.25, 0.3) is 0 Å². The number of nitrogens with one attached hydrogen (secondary N) is 1. The minimum absolute atomic E-state index is 0.0827. The summed E-state index contributed by atoms with van der Waals surface area (Å²) in [7, 11) is 0. The number of unbranched alkanes of at least 4 members (excludes halogenated alkanes) is 2. The third-order valence-electron chi connectivity index (χ3n) is 11.7. The molecule has 1 spiro atoms. The van der Waals surface area contributed by atoms with Crippen LogP contribution in [0.4, 0.5) is 17.1 Å². The van der Waals surface area contributed by atoms with Crippen LogP contribution < -0.4 is 20.0 Å². The monoisotopic (exact) mass is 776 g/mol. The number of piperidine rings is 1. The standard InChI is InChI=1S/C41H41ClN8O4S/c1-26-7-14-35(36(51)45-26)49-37(52)31-13-12-29(22-32(31)38(49)53)47-20-18-46(19-21-47)17-4-2-3-6-27-8-10-28(11-9-27)50-40(55)48(39(54)41(50)15-5-16-41)30-23-33(42)34(24-43)44-25-30/h8-13,22-23,25,35H,1-7,14-21H2,(H,45,51). The van der Waals surface area contributed by atoms with E-state index in [-0.39, 0.29) is 22.5 Å². The summed E-state index contributed by atoms with van der Waals surface area (Å²) >= 11 is 12.1. The summed E-state index contributed by atoms with van der Waals surface area (Å²) in [4.78, 5) is 66.3. The number of anilines is 3. The number of rotatable bonds is 10. The fourth-order valence-corrected chi connectivity index (χ4v) is 9.13. The van der Waals surface area contributed by atoms with Crippen molar-refractivity contribution < 1.29 is 19.2 Å². The van der Waals surface area contributed by atoms with Gasteiger partial charge in [0.15, 0.2) is 10.8 Å². The van der Waals surface area contributed by atoms with Gasteiger partial charge in [0.1, 0.15) is 17.6 Å². The number of allylic oxidation sites excluding steroid dienone is 1. The smallest absolute Gasteiger partial charge is 0.262 e. The first kappa shape index (κ1) is 36.8. The highest BCUT2D eigenvalue weighted by Gasteiger charge is 2.59. The van der Waals surface area contributed by atoms with Crippen LogP contribution in [0.2, 0.25) is 5.02 Å². The molecule has 4 amide bonds. The van der Waals surface area contributed by atoms with Crippen molar-refractivity contribution in [2.24, 2.45) is 0 Å². The van der Waals surface area contributed by atoms with Gasteiger partial charge in [-0.3, -0.25) is 33.9 Å². The molecule has 4 aliphatic heterocycles. The number of aromatic nitrogens is 1. The van der Waals surface area contributed by atoms with Crippen LogP contribution in [0, 0.1) is 11.3 Å². The van der Waals surface area contributed by atoms with Crippen LogP contribution in [-0.4, -0.2) is 87.8 Å². The zero-order chi connectivity index (χ0) is 38.4. The normalized spacial score (nSPS) is 21.0. The fourth-order valence-electron chi connectivity index (χ4n) is 8.46. The van der Waals surface area contributed by atoms with Crippen LogP contribution in [0.1, 0.15) is 83.3 Å². The lowest BCUT2D eigenvalue weighted by molar-refractivity contribution is -0.125. The Balaban J connectivity index is 0.799.